The zero-order chi connectivity index (χ0) is 14.0. The summed E-state index contributed by atoms with van der Waals surface area (Å²) in [6, 6.07) is 1.24. The monoisotopic (exact) mass is 264 g/mol. The highest BCUT2D eigenvalue weighted by molar-refractivity contribution is 5.94. The maximum absolute atomic E-state index is 12.1. The minimum Gasteiger partial charge on any atom is -0.451 e. The molecule has 1 aromatic heterocycles. The van der Waals surface area contributed by atoms with Crippen molar-refractivity contribution in [3.63, 3.8) is 0 Å². The molecule has 0 bridgehead atoms. The van der Waals surface area contributed by atoms with Gasteiger partial charge in [-0.15, -0.1) is 0 Å². The van der Waals surface area contributed by atoms with Gasteiger partial charge in [0.1, 0.15) is 11.3 Å². The normalized spacial score (nSPS) is 19.3. The van der Waals surface area contributed by atoms with Crippen LogP contribution in [0.4, 0.5) is 0 Å². The topological polar surface area (TPSA) is 73.6 Å². The van der Waals surface area contributed by atoms with Crippen LogP contribution in [0.25, 0.3) is 0 Å². The summed E-state index contributed by atoms with van der Waals surface area (Å²) in [6.07, 6.45) is 2.10. The van der Waals surface area contributed by atoms with Gasteiger partial charge >= 0.3 is 11.6 Å². The molecule has 0 aromatic carbocycles. The fourth-order valence-corrected chi connectivity index (χ4v) is 2.33. The van der Waals surface area contributed by atoms with E-state index in [2.05, 4.69) is 0 Å². The fourth-order valence-electron chi connectivity index (χ4n) is 2.33. The third-order valence-electron chi connectivity index (χ3n) is 3.29. The summed E-state index contributed by atoms with van der Waals surface area (Å²) in [5.41, 5.74) is 0.236. The molecule has 1 atom stereocenters. The van der Waals surface area contributed by atoms with Crippen LogP contribution < -0.4 is 5.63 Å². The maximum Gasteiger partial charge on any atom is 0.342 e. The largest absolute Gasteiger partial charge is 0.451 e. The highest BCUT2D eigenvalue weighted by atomic mass is 16.5. The molecule has 0 radical (unpaired) electrons. The van der Waals surface area contributed by atoms with Gasteiger partial charge in [0.15, 0.2) is 11.9 Å². The third-order valence-corrected chi connectivity index (χ3v) is 3.29. The minimum absolute atomic E-state index is 0.0349. The van der Waals surface area contributed by atoms with Crippen LogP contribution in [0, 0.1) is 13.8 Å². The average Bonchev–Trinajstić information content (AvgIpc) is 2.30. The van der Waals surface area contributed by atoms with Crippen LogP contribution in [0.15, 0.2) is 15.3 Å². The van der Waals surface area contributed by atoms with Gasteiger partial charge in [-0.2, -0.15) is 0 Å². The Hall–Kier alpha value is -1.91. The SMILES string of the molecule is Cc1cc(=O)oc(C)c1C(=O)O[C@H]1CCCCC1=O. The van der Waals surface area contributed by atoms with Gasteiger partial charge in [-0.1, -0.05) is 0 Å². The summed E-state index contributed by atoms with van der Waals surface area (Å²) in [4.78, 5) is 34.9. The van der Waals surface area contributed by atoms with Gasteiger partial charge in [-0.05, 0) is 38.7 Å². The van der Waals surface area contributed by atoms with Gasteiger partial charge in [0, 0.05) is 12.5 Å². The van der Waals surface area contributed by atoms with Crippen molar-refractivity contribution in [1.82, 2.24) is 0 Å². The van der Waals surface area contributed by atoms with E-state index < -0.39 is 17.7 Å². The van der Waals surface area contributed by atoms with E-state index >= 15 is 0 Å². The number of aryl methyl sites for hydroxylation is 2. The van der Waals surface area contributed by atoms with Crippen molar-refractivity contribution in [3.05, 3.63) is 33.4 Å². The van der Waals surface area contributed by atoms with Gasteiger partial charge in [0.2, 0.25) is 0 Å². The van der Waals surface area contributed by atoms with Crippen molar-refractivity contribution in [1.29, 1.82) is 0 Å². The van der Waals surface area contributed by atoms with Crippen molar-refractivity contribution in [2.45, 2.75) is 45.6 Å². The Morgan fingerprint density at radius 1 is 1.32 bits per heavy atom. The van der Waals surface area contributed by atoms with E-state index in [1.165, 1.54) is 13.0 Å². The van der Waals surface area contributed by atoms with Crippen LogP contribution in [0.3, 0.4) is 0 Å². The molecule has 5 nitrogen and oxygen atoms in total. The van der Waals surface area contributed by atoms with Crippen molar-refractivity contribution in [2.75, 3.05) is 0 Å². The Balaban J connectivity index is 2.20. The minimum atomic E-state index is -0.660. The Bertz CT molecular complexity index is 543. The molecule has 0 amide bonds. The molecule has 0 unspecified atom stereocenters. The second-order valence-corrected chi connectivity index (χ2v) is 4.79. The zero-order valence-corrected chi connectivity index (χ0v) is 11.0. The molecule has 5 heteroatoms. The van der Waals surface area contributed by atoms with Crippen molar-refractivity contribution in [2.24, 2.45) is 0 Å². The van der Waals surface area contributed by atoms with Crippen LogP contribution >= 0.6 is 0 Å². The molecule has 0 spiro atoms. The Morgan fingerprint density at radius 3 is 2.68 bits per heavy atom. The first-order chi connectivity index (χ1) is 8.99. The number of rotatable bonds is 2. The number of Topliss-reactive ketones (excluding diaryl/α,β-unsaturated/α-hetero) is 1. The first-order valence-corrected chi connectivity index (χ1v) is 6.34. The smallest absolute Gasteiger partial charge is 0.342 e. The summed E-state index contributed by atoms with van der Waals surface area (Å²) in [5.74, 6) is -0.412. The Morgan fingerprint density at radius 2 is 2.05 bits per heavy atom. The first-order valence-electron chi connectivity index (χ1n) is 6.34. The van der Waals surface area contributed by atoms with E-state index in [1.54, 1.807) is 6.92 Å². The van der Waals surface area contributed by atoms with E-state index in [0.717, 1.165) is 12.8 Å². The molecule has 0 N–H and O–H groups in total. The number of esters is 1. The number of ether oxygens (including phenoxy) is 1. The molecule has 19 heavy (non-hydrogen) atoms. The molecule has 1 heterocycles. The lowest BCUT2D eigenvalue weighted by atomic mass is 9.96. The first kappa shape index (κ1) is 13.5. The lowest BCUT2D eigenvalue weighted by Gasteiger charge is -2.21. The average molecular weight is 264 g/mol. The summed E-state index contributed by atoms with van der Waals surface area (Å²) in [7, 11) is 0. The number of hydrogen-bond acceptors (Lipinski definition) is 5. The van der Waals surface area contributed by atoms with Crippen molar-refractivity contribution >= 4 is 11.8 Å². The standard InChI is InChI=1S/C14H16O5/c1-8-7-12(16)18-9(2)13(8)14(17)19-11-6-4-3-5-10(11)15/h7,11H,3-6H2,1-2H3/t11-/m0/s1. The molecule has 1 fully saturated rings. The molecule has 0 saturated heterocycles. The fraction of sp³-hybridized carbons (Fsp3) is 0.500. The highest BCUT2D eigenvalue weighted by Crippen LogP contribution is 2.20. The second-order valence-electron chi connectivity index (χ2n) is 4.79. The quantitative estimate of drug-likeness (QED) is 0.763. The van der Waals surface area contributed by atoms with E-state index in [-0.39, 0.29) is 17.1 Å². The number of hydrogen-bond donors (Lipinski definition) is 0. The summed E-state index contributed by atoms with van der Waals surface area (Å²) >= 11 is 0. The van der Waals surface area contributed by atoms with E-state index in [4.69, 9.17) is 9.15 Å². The molecule has 1 saturated carbocycles. The van der Waals surface area contributed by atoms with Gasteiger partial charge < -0.3 is 9.15 Å². The van der Waals surface area contributed by atoms with Gasteiger partial charge in [0.25, 0.3) is 0 Å². The Kier molecular flexibility index (Phi) is 3.83. The summed E-state index contributed by atoms with van der Waals surface area (Å²) in [5, 5.41) is 0. The molecule has 1 aliphatic rings. The van der Waals surface area contributed by atoms with Gasteiger partial charge in [-0.25, -0.2) is 9.59 Å². The van der Waals surface area contributed by atoms with E-state index in [0.29, 0.717) is 18.4 Å². The number of ketones is 1. The van der Waals surface area contributed by atoms with Crippen LogP contribution in [-0.2, 0) is 9.53 Å². The Labute approximate surface area is 110 Å². The second kappa shape index (κ2) is 5.38. The van der Waals surface area contributed by atoms with Crippen LogP contribution in [0.2, 0.25) is 0 Å². The predicted molar refractivity (Wildman–Crippen MR) is 67.1 cm³/mol. The zero-order valence-electron chi connectivity index (χ0n) is 11.0. The van der Waals surface area contributed by atoms with Crippen LogP contribution in [-0.4, -0.2) is 17.9 Å². The van der Waals surface area contributed by atoms with Crippen LogP contribution in [0.5, 0.6) is 0 Å². The summed E-state index contributed by atoms with van der Waals surface area (Å²) < 4.78 is 10.1. The lowest BCUT2D eigenvalue weighted by molar-refractivity contribution is -0.129. The third kappa shape index (κ3) is 2.92. The highest BCUT2D eigenvalue weighted by Gasteiger charge is 2.27. The lowest BCUT2D eigenvalue weighted by Crippen LogP contribution is -2.30. The van der Waals surface area contributed by atoms with E-state index in [1.807, 2.05) is 0 Å². The van der Waals surface area contributed by atoms with Gasteiger partial charge in [-0.3, -0.25) is 4.79 Å². The molecule has 2 rings (SSSR count). The number of carbonyl (C=O) groups excluding carboxylic acids is 2. The molecule has 1 aliphatic carbocycles. The summed E-state index contributed by atoms with van der Waals surface area (Å²) in [6.45, 7) is 3.18. The molecular weight excluding hydrogens is 248 g/mol. The number of carbonyl (C=O) groups is 2. The predicted octanol–water partition coefficient (Wildman–Crippen LogP) is 1.93. The van der Waals surface area contributed by atoms with Crippen molar-refractivity contribution in [3.8, 4) is 0 Å². The van der Waals surface area contributed by atoms with Crippen molar-refractivity contribution < 1.29 is 18.7 Å². The van der Waals surface area contributed by atoms with E-state index in [9.17, 15) is 14.4 Å². The van der Waals surface area contributed by atoms with Gasteiger partial charge in [0.05, 0.1) is 0 Å². The molecular formula is C14H16O5. The molecule has 102 valence electrons. The maximum atomic E-state index is 12.1. The van der Waals surface area contributed by atoms with Crippen LogP contribution in [0.1, 0.15) is 47.4 Å². The molecule has 1 aromatic rings. The molecule has 0 aliphatic heterocycles.